The Morgan fingerprint density at radius 2 is 1.08 bits per heavy atom. The van der Waals surface area contributed by atoms with Crippen LogP contribution in [0.5, 0.6) is 0 Å². The molecule has 0 radical (unpaired) electrons. The maximum Gasteiger partial charge on any atom is 0.0600 e. The fraction of sp³-hybridized carbons (Fsp3) is 0.0508. The first-order valence-electron chi connectivity index (χ1n) is 21.6. The normalized spacial score (nSPS) is 13.3. The molecule has 12 rings (SSSR count). The minimum absolute atomic E-state index is 0.322. The monoisotopic (exact) mass is 793 g/mol. The Morgan fingerprint density at radius 1 is 0.435 bits per heavy atom. The summed E-state index contributed by atoms with van der Waals surface area (Å²) in [7, 11) is 0. The number of benzene rings is 9. The molecule has 294 valence electrons. The first-order valence-corrected chi connectivity index (χ1v) is 21.6. The lowest BCUT2D eigenvalue weighted by molar-refractivity contribution is 0.722. The zero-order chi connectivity index (χ0) is 41.1. The van der Waals surface area contributed by atoms with E-state index in [0.29, 0.717) is 5.92 Å². The molecule has 2 aromatic heterocycles. The molecule has 0 saturated carbocycles. The third-order valence-corrected chi connectivity index (χ3v) is 12.9. The Hall–Kier alpha value is -7.88. The van der Waals surface area contributed by atoms with Crippen molar-refractivity contribution in [3.63, 3.8) is 0 Å². The van der Waals surface area contributed by atoms with Gasteiger partial charge in [0.15, 0.2) is 0 Å². The Bertz CT molecular complexity index is 3460. The minimum Gasteiger partial charge on any atom is -0.355 e. The van der Waals surface area contributed by atoms with Gasteiger partial charge in [0.05, 0.1) is 16.7 Å². The van der Waals surface area contributed by atoms with Gasteiger partial charge in [-0.2, -0.15) is 0 Å². The fourth-order valence-electron chi connectivity index (χ4n) is 10.1. The number of nitrogens with one attached hydrogen (secondary N) is 1. The summed E-state index contributed by atoms with van der Waals surface area (Å²) in [5.74, 6) is 0.322. The largest absolute Gasteiger partial charge is 0.355 e. The number of rotatable bonds is 7. The molecule has 1 unspecified atom stereocenters. The molecular formula is C59H43N3. The van der Waals surface area contributed by atoms with Crippen molar-refractivity contribution < 1.29 is 0 Å². The highest BCUT2D eigenvalue weighted by Gasteiger charge is 2.34. The standard InChI is InChI=1S/C59H43N3/c1-39-35-56-58(59-57(39)51-24-11-13-26-54(51)62(59)48-21-6-3-7-22-48)52-38-45(30-34-55(52)61(56)49-33-29-41-17-8-9-18-44(41)37-49)43-19-14-20-46(36-43)50-23-10-12-25-53(50)60-47-31-27-42(28-32-47)40-15-4-2-5-16-40/h2-34,36-39,60H,35H2,1H3. The zero-order valence-electron chi connectivity index (χ0n) is 34.5. The molecule has 11 aromatic rings. The highest BCUT2D eigenvalue weighted by molar-refractivity contribution is 6.07. The van der Waals surface area contributed by atoms with E-state index in [1.165, 1.54) is 94.3 Å². The van der Waals surface area contributed by atoms with Crippen LogP contribution in [0.3, 0.4) is 0 Å². The molecule has 0 saturated heterocycles. The topological polar surface area (TPSA) is 21.9 Å². The van der Waals surface area contributed by atoms with E-state index in [4.69, 9.17) is 0 Å². The molecule has 0 aliphatic heterocycles. The second-order valence-electron chi connectivity index (χ2n) is 16.7. The minimum atomic E-state index is 0.322. The third kappa shape index (κ3) is 5.96. The Balaban J connectivity index is 1.02. The average molecular weight is 794 g/mol. The predicted octanol–water partition coefficient (Wildman–Crippen LogP) is 15.8. The summed E-state index contributed by atoms with van der Waals surface area (Å²) in [6, 6.07) is 79.5. The van der Waals surface area contributed by atoms with Gasteiger partial charge in [-0.15, -0.1) is 0 Å². The van der Waals surface area contributed by atoms with Gasteiger partial charge >= 0.3 is 0 Å². The summed E-state index contributed by atoms with van der Waals surface area (Å²) in [6.45, 7) is 2.41. The highest BCUT2D eigenvalue weighted by atomic mass is 15.0. The van der Waals surface area contributed by atoms with Gasteiger partial charge in [0.1, 0.15) is 0 Å². The van der Waals surface area contributed by atoms with Crippen LogP contribution in [0.1, 0.15) is 24.1 Å². The maximum atomic E-state index is 3.73. The maximum absolute atomic E-state index is 3.73. The molecule has 1 aliphatic carbocycles. The van der Waals surface area contributed by atoms with Gasteiger partial charge in [-0.05, 0) is 123 Å². The highest BCUT2D eigenvalue weighted by Crippen LogP contribution is 2.51. The van der Waals surface area contributed by atoms with Gasteiger partial charge in [-0.25, -0.2) is 0 Å². The lowest BCUT2D eigenvalue weighted by Crippen LogP contribution is -2.12. The van der Waals surface area contributed by atoms with Gasteiger partial charge in [0.25, 0.3) is 0 Å². The van der Waals surface area contributed by atoms with E-state index >= 15 is 0 Å². The van der Waals surface area contributed by atoms with Crippen molar-refractivity contribution in [3.8, 4) is 56.0 Å². The quantitative estimate of drug-likeness (QED) is 0.171. The van der Waals surface area contributed by atoms with Gasteiger partial charge < -0.3 is 14.5 Å². The van der Waals surface area contributed by atoms with Gasteiger partial charge in [0.2, 0.25) is 0 Å². The van der Waals surface area contributed by atoms with Crippen LogP contribution < -0.4 is 5.32 Å². The van der Waals surface area contributed by atoms with Crippen LogP contribution in [0.4, 0.5) is 11.4 Å². The van der Waals surface area contributed by atoms with Crippen molar-refractivity contribution >= 4 is 44.0 Å². The Kier molecular flexibility index (Phi) is 8.53. The third-order valence-electron chi connectivity index (χ3n) is 12.9. The predicted molar refractivity (Wildman–Crippen MR) is 261 cm³/mol. The van der Waals surface area contributed by atoms with E-state index in [-0.39, 0.29) is 0 Å². The van der Waals surface area contributed by atoms with Crippen molar-refractivity contribution in [1.82, 2.24) is 9.13 Å². The average Bonchev–Trinajstić information content (AvgIpc) is 3.85. The van der Waals surface area contributed by atoms with Crippen molar-refractivity contribution in [2.75, 3.05) is 5.32 Å². The first-order chi connectivity index (χ1) is 30.7. The smallest absolute Gasteiger partial charge is 0.0600 e. The molecule has 0 spiro atoms. The molecule has 0 bridgehead atoms. The van der Waals surface area contributed by atoms with Crippen LogP contribution >= 0.6 is 0 Å². The number of fused-ring (bicyclic) bond motifs is 8. The van der Waals surface area contributed by atoms with Crippen molar-refractivity contribution in [2.45, 2.75) is 19.3 Å². The van der Waals surface area contributed by atoms with E-state index < -0.39 is 0 Å². The molecule has 1 aliphatic rings. The molecule has 9 aromatic carbocycles. The first kappa shape index (κ1) is 36.0. The van der Waals surface area contributed by atoms with E-state index in [9.17, 15) is 0 Å². The number of para-hydroxylation sites is 3. The molecule has 0 amide bonds. The van der Waals surface area contributed by atoms with Crippen LogP contribution in [0.2, 0.25) is 0 Å². The molecule has 1 atom stereocenters. The molecule has 3 nitrogen and oxygen atoms in total. The van der Waals surface area contributed by atoms with Crippen LogP contribution in [0, 0.1) is 0 Å². The van der Waals surface area contributed by atoms with Crippen LogP contribution in [-0.2, 0) is 6.42 Å². The molecule has 62 heavy (non-hydrogen) atoms. The lowest BCUT2D eigenvalue weighted by Gasteiger charge is -2.24. The zero-order valence-corrected chi connectivity index (χ0v) is 34.5. The summed E-state index contributed by atoms with van der Waals surface area (Å²) in [4.78, 5) is 0. The number of anilines is 2. The Labute approximate surface area is 361 Å². The number of nitrogens with zero attached hydrogens (tertiary/aromatic N) is 2. The van der Waals surface area contributed by atoms with Gasteiger partial charge in [-0.1, -0.05) is 159 Å². The molecule has 1 N–H and O–H groups in total. The van der Waals surface area contributed by atoms with E-state index in [0.717, 1.165) is 23.4 Å². The molecule has 0 fully saturated rings. The molecule has 3 heteroatoms. The second-order valence-corrected chi connectivity index (χ2v) is 16.7. The summed E-state index contributed by atoms with van der Waals surface area (Å²) < 4.78 is 5.08. The summed E-state index contributed by atoms with van der Waals surface area (Å²) in [5, 5.41) is 8.83. The molecule has 2 heterocycles. The van der Waals surface area contributed by atoms with Crippen LogP contribution in [0.25, 0.3) is 88.6 Å². The lowest BCUT2D eigenvalue weighted by atomic mass is 9.84. The number of hydrogen-bond donors (Lipinski definition) is 1. The van der Waals surface area contributed by atoms with E-state index in [1.807, 2.05) is 0 Å². The van der Waals surface area contributed by atoms with E-state index in [1.54, 1.807) is 0 Å². The van der Waals surface area contributed by atoms with E-state index in [2.05, 4.69) is 240 Å². The molecular weight excluding hydrogens is 751 g/mol. The fourth-order valence-corrected chi connectivity index (χ4v) is 10.1. The van der Waals surface area contributed by atoms with Crippen molar-refractivity contribution in [2.24, 2.45) is 0 Å². The van der Waals surface area contributed by atoms with Crippen molar-refractivity contribution in [3.05, 3.63) is 230 Å². The van der Waals surface area contributed by atoms with Crippen molar-refractivity contribution in [1.29, 1.82) is 0 Å². The number of hydrogen-bond acceptors (Lipinski definition) is 1. The van der Waals surface area contributed by atoms with Crippen LogP contribution in [0.15, 0.2) is 218 Å². The Morgan fingerprint density at radius 3 is 1.94 bits per heavy atom. The van der Waals surface area contributed by atoms with Crippen LogP contribution in [-0.4, -0.2) is 9.13 Å². The number of aromatic nitrogens is 2. The summed E-state index contributed by atoms with van der Waals surface area (Å²) in [5.41, 5.74) is 19.5. The second kappa shape index (κ2) is 14.7. The van der Waals surface area contributed by atoms with Gasteiger partial charge in [-0.3, -0.25) is 0 Å². The summed E-state index contributed by atoms with van der Waals surface area (Å²) >= 11 is 0. The SMILES string of the molecule is CC1Cc2c(c3cc(-c4cccc(-c5ccccc5Nc5ccc(-c6ccccc6)cc5)c4)ccc3n2-c2ccc3ccccc3c2)-c2c1c1ccccc1n2-c1ccccc1. The summed E-state index contributed by atoms with van der Waals surface area (Å²) in [6.07, 6.45) is 0.941. The van der Waals surface area contributed by atoms with Gasteiger partial charge in [0, 0.05) is 50.3 Å².